The number of nitriles is 1. The van der Waals surface area contributed by atoms with E-state index in [1.807, 2.05) is 6.07 Å². The first-order chi connectivity index (χ1) is 7.24. The van der Waals surface area contributed by atoms with Crippen molar-refractivity contribution < 1.29 is 4.79 Å². The van der Waals surface area contributed by atoms with Crippen molar-refractivity contribution in [3.05, 3.63) is 0 Å². The normalized spacial score (nSPS) is 9.73. The zero-order valence-corrected chi connectivity index (χ0v) is 9.55. The average molecular weight is 212 g/mol. The number of hydrogen-bond donors (Lipinski definition) is 2. The van der Waals surface area contributed by atoms with E-state index in [0.29, 0.717) is 6.54 Å². The molecule has 0 unspecified atom stereocenters. The summed E-state index contributed by atoms with van der Waals surface area (Å²) in [5.41, 5.74) is 0. The molecule has 0 bridgehead atoms. The summed E-state index contributed by atoms with van der Waals surface area (Å²) in [6, 6.07) is 1.58. The van der Waals surface area contributed by atoms with E-state index in [1.165, 1.54) is 0 Å². The lowest BCUT2D eigenvalue weighted by molar-refractivity contribution is 0.240. The van der Waals surface area contributed by atoms with Crippen LogP contribution in [0.25, 0.3) is 0 Å². The predicted octanol–water partition coefficient (Wildman–Crippen LogP) is 0.541. The molecule has 5 nitrogen and oxygen atoms in total. The third-order valence-electron chi connectivity index (χ3n) is 2.16. The Hall–Kier alpha value is -1.28. The van der Waals surface area contributed by atoms with Crippen LogP contribution >= 0.6 is 0 Å². The quantitative estimate of drug-likeness (QED) is 0.478. The van der Waals surface area contributed by atoms with E-state index in [-0.39, 0.29) is 12.6 Å². The van der Waals surface area contributed by atoms with Gasteiger partial charge in [0.05, 0.1) is 6.07 Å². The molecule has 0 heterocycles. The predicted molar refractivity (Wildman–Crippen MR) is 59.4 cm³/mol. The lowest BCUT2D eigenvalue weighted by Crippen LogP contribution is -2.37. The number of rotatable bonds is 7. The molecule has 0 aromatic rings. The van der Waals surface area contributed by atoms with Gasteiger partial charge in [-0.05, 0) is 26.1 Å². The summed E-state index contributed by atoms with van der Waals surface area (Å²) in [5, 5.41) is 13.3. The lowest BCUT2D eigenvalue weighted by atomic mass is 10.3. The van der Waals surface area contributed by atoms with E-state index in [0.717, 1.165) is 26.1 Å². The number of amides is 2. The first-order valence-electron chi connectivity index (χ1n) is 5.35. The van der Waals surface area contributed by atoms with Gasteiger partial charge in [-0.1, -0.05) is 13.8 Å². The Bertz CT molecular complexity index is 208. The van der Waals surface area contributed by atoms with Gasteiger partial charge in [-0.25, -0.2) is 4.79 Å². The number of hydrogen-bond acceptors (Lipinski definition) is 3. The summed E-state index contributed by atoms with van der Waals surface area (Å²) in [7, 11) is 0. The maximum Gasteiger partial charge on any atom is 0.315 e. The van der Waals surface area contributed by atoms with Crippen LogP contribution in [0.5, 0.6) is 0 Å². The molecule has 0 aliphatic rings. The van der Waals surface area contributed by atoms with Crippen molar-refractivity contribution in [2.24, 2.45) is 0 Å². The molecular formula is C10H20N4O. The molecule has 0 saturated carbocycles. The van der Waals surface area contributed by atoms with Gasteiger partial charge < -0.3 is 15.5 Å². The fourth-order valence-electron chi connectivity index (χ4n) is 1.23. The molecule has 0 aliphatic carbocycles. The maximum atomic E-state index is 11.0. The minimum atomic E-state index is -0.268. The van der Waals surface area contributed by atoms with Crippen LogP contribution in [0.15, 0.2) is 0 Å². The molecule has 2 amide bonds. The van der Waals surface area contributed by atoms with Crippen molar-refractivity contribution in [1.82, 2.24) is 15.5 Å². The Kier molecular flexibility index (Phi) is 8.49. The first kappa shape index (κ1) is 13.7. The van der Waals surface area contributed by atoms with Gasteiger partial charge >= 0.3 is 6.03 Å². The molecule has 15 heavy (non-hydrogen) atoms. The summed E-state index contributed by atoms with van der Waals surface area (Å²) in [4.78, 5) is 13.3. The summed E-state index contributed by atoms with van der Waals surface area (Å²) < 4.78 is 0. The van der Waals surface area contributed by atoms with Crippen molar-refractivity contribution in [1.29, 1.82) is 5.26 Å². The van der Waals surface area contributed by atoms with Gasteiger partial charge in [0.1, 0.15) is 6.54 Å². The van der Waals surface area contributed by atoms with Crippen LogP contribution in [-0.2, 0) is 0 Å². The minimum Gasteiger partial charge on any atom is -0.338 e. The Morgan fingerprint density at radius 3 is 2.53 bits per heavy atom. The van der Waals surface area contributed by atoms with Crippen LogP contribution < -0.4 is 10.6 Å². The zero-order chi connectivity index (χ0) is 11.5. The van der Waals surface area contributed by atoms with Gasteiger partial charge in [0.25, 0.3) is 0 Å². The molecule has 0 atom stereocenters. The fraction of sp³-hybridized carbons (Fsp3) is 0.800. The molecule has 0 spiro atoms. The molecule has 0 aromatic heterocycles. The minimum absolute atomic E-state index is 0.0574. The zero-order valence-electron chi connectivity index (χ0n) is 9.55. The highest BCUT2D eigenvalue weighted by Gasteiger charge is 2.00. The van der Waals surface area contributed by atoms with E-state index in [1.54, 1.807) is 0 Å². The highest BCUT2D eigenvalue weighted by molar-refractivity contribution is 5.73. The number of urea groups is 1. The van der Waals surface area contributed by atoms with Crippen LogP contribution in [-0.4, -0.2) is 43.7 Å². The molecular weight excluding hydrogens is 192 g/mol. The molecule has 2 N–H and O–H groups in total. The second kappa shape index (κ2) is 9.28. The number of carbonyl (C=O) groups is 1. The number of nitrogens with one attached hydrogen (secondary N) is 2. The SMILES string of the molecule is CCN(CC)CCCNC(=O)NCC#N. The van der Waals surface area contributed by atoms with Crippen molar-refractivity contribution in [2.45, 2.75) is 20.3 Å². The van der Waals surface area contributed by atoms with Gasteiger partial charge in [0, 0.05) is 6.54 Å². The van der Waals surface area contributed by atoms with Crippen LogP contribution in [0, 0.1) is 11.3 Å². The summed E-state index contributed by atoms with van der Waals surface area (Å²) in [5.74, 6) is 0. The Labute approximate surface area is 91.4 Å². The molecule has 0 saturated heterocycles. The van der Waals surface area contributed by atoms with Crippen LogP contribution in [0.1, 0.15) is 20.3 Å². The molecule has 0 aromatic carbocycles. The third kappa shape index (κ3) is 7.77. The fourth-order valence-corrected chi connectivity index (χ4v) is 1.23. The van der Waals surface area contributed by atoms with Crippen molar-refractivity contribution >= 4 is 6.03 Å². The van der Waals surface area contributed by atoms with E-state index in [2.05, 4.69) is 29.4 Å². The summed E-state index contributed by atoms with van der Waals surface area (Å²) in [6.45, 7) is 8.02. The van der Waals surface area contributed by atoms with Gasteiger partial charge in [-0.2, -0.15) is 5.26 Å². The number of nitrogens with zero attached hydrogens (tertiary/aromatic N) is 2. The maximum absolute atomic E-state index is 11.0. The first-order valence-corrected chi connectivity index (χ1v) is 5.35. The largest absolute Gasteiger partial charge is 0.338 e. The second-order valence-corrected chi connectivity index (χ2v) is 3.15. The molecule has 0 aliphatic heterocycles. The van der Waals surface area contributed by atoms with Crippen LogP contribution in [0.4, 0.5) is 4.79 Å². The van der Waals surface area contributed by atoms with Crippen LogP contribution in [0.2, 0.25) is 0 Å². The van der Waals surface area contributed by atoms with Crippen molar-refractivity contribution in [3.63, 3.8) is 0 Å². The van der Waals surface area contributed by atoms with E-state index < -0.39 is 0 Å². The second-order valence-electron chi connectivity index (χ2n) is 3.15. The monoisotopic (exact) mass is 212 g/mol. The standard InChI is InChI=1S/C10H20N4O/c1-3-14(4-2)9-5-7-12-10(15)13-8-6-11/h3-5,7-9H2,1-2H3,(H2,12,13,15). The highest BCUT2D eigenvalue weighted by atomic mass is 16.2. The molecule has 86 valence electrons. The van der Waals surface area contributed by atoms with Gasteiger partial charge in [-0.15, -0.1) is 0 Å². The highest BCUT2D eigenvalue weighted by Crippen LogP contribution is 1.88. The Morgan fingerprint density at radius 1 is 1.33 bits per heavy atom. The van der Waals surface area contributed by atoms with Crippen molar-refractivity contribution in [2.75, 3.05) is 32.7 Å². The molecule has 0 fully saturated rings. The number of carbonyl (C=O) groups excluding carboxylic acids is 1. The van der Waals surface area contributed by atoms with Gasteiger partial charge in [0.15, 0.2) is 0 Å². The topological polar surface area (TPSA) is 68.2 Å². The van der Waals surface area contributed by atoms with E-state index in [4.69, 9.17) is 5.26 Å². The Balaban J connectivity index is 3.38. The van der Waals surface area contributed by atoms with E-state index in [9.17, 15) is 4.79 Å². The Morgan fingerprint density at radius 2 is 2.00 bits per heavy atom. The molecule has 0 radical (unpaired) electrons. The van der Waals surface area contributed by atoms with E-state index >= 15 is 0 Å². The average Bonchev–Trinajstić information content (AvgIpc) is 2.26. The summed E-state index contributed by atoms with van der Waals surface area (Å²) in [6.07, 6.45) is 0.932. The van der Waals surface area contributed by atoms with Gasteiger partial charge in [0.2, 0.25) is 0 Å². The van der Waals surface area contributed by atoms with Gasteiger partial charge in [-0.3, -0.25) is 0 Å². The van der Waals surface area contributed by atoms with Crippen LogP contribution in [0.3, 0.4) is 0 Å². The smallest absolute Gasteiger partial charge is 0.315 e. The van der Waals surface area contributed by atoms with Crippen molar-refractivity contribution in [3.8, 4) is 6.07 Å². The lowest BCUT2D eigenvalue weighted by Gasteiger charge is -2.17. The molecule has 0 rings (SSSR count). The summed E-state index contributed by atoms with van der Waals surface area (Å²) >= 11 is 0. The molecule has 5 heteroatoms. The third-order valence-corrected chi connectivity index (χ3v) is 2.16.